The molecule has 2 aromatic rings. The van der Waals surface area contributed by atoms with Gasteiger partial charge in [-0.1, -0.05) is 30.3 Å². The van der Waals surface area contributed by atoms with E-state index in [1.54, 1.807) is 0 Å². The van der Waals surface area contributed by atoms with Gasteiger partial charge in [0.15, 0.2) is 0 Å². The van der Waals surface area contributed by atoms with E-state index in [0.717, 1.165) is 22.4 Å². The summed E-state index contributed by atoms with van der Waals surface area (Å²) in [4.78, 5) is 4.50. The summed E-state index contributed by atoms with van der Waals surface area (Å²) in [5, 5.41) is 3.43. The van der Waals surface area contributed by atoms with Crippen molar-refractivity contribution in [3.63, 3.8) is 0 Å². The van der Waals surface area contributed by atoms with Crippen LogP contribution in [0, 0.1) is 6.92 Å². The summed E-state index contributed by atoms with van der Waals surface area (Å²) < 4.78 is 1.05. The number of aryl methyl sites for hydroxylation is 1. The molecule has 0 radical (unpaired) electrons. The molecule has 3 heteroatoms. The van der Waals surface area contributed by atoms with Crippen molar-refractivity contribution in [2.24, 2.45) is 0 Å². The minimum Gasteiger partial charge on any atom is -0.367 e. The van der Waals surface area contributed by atoms with Crippen LogP contribution in [0.3, 0.4) is 0 Å². The second-order valence-corrected chi connectivity index (χ2v) is 5.35. The van der Waals surface area contributed by atoms with Crippen LogP contribution in [-0.4, -0.2) is 11.0 Å². The lowest BCUT2D eigenvalue weighted by molar-refractivity contribution is 0.783. The maximum atomic E-state index is 4.50. The van der Waals surface area contributed by atoms with Crippen LogP contribution in [0.5, 0.6) is 0 Å². The molecule has 0 aliphatic heterocycles. The molecule has 0 spiro atoms. The molecule has 1 heterocycles. The number of hydrogen-bond donors (Lipinski definition) is 1. The number of anilines is 1. The Morgan fingerprint density at radius 1 is 1.17 bits per heavy atom. The quantitative estimate of drug-likeness (QED) is 0.916. The highest BCUT2D eigenvalue weighted by atomic mass is 79.9. The zero-order valence-corrected chi connectivity index (χ0v) is 12.2. The molecule has 0 aliphatic rings. The highest BCUT2D eigenvalue weighted by Gasteiger charge is 2.05. The monoisotopic (exact) mass is 304 g/mol. The number of benzene rings is 1. The van der Waals surface area contributed by atoms with Crippen molar-refractivity contribution in [1.29, 1.82) is 0 Å². The lowest BCUT2D eigenvalue weighted by Gasteiger charge is -2.15. The molecular formula is C15H17BrN2. The average molecular weight is 305 g/mol. The lowest BCUT2D eigenvalue weighted by Crippen LogP contribution is -2.18. The first-order chi connectivity index (χ1) is 8.65. The predicted octanol–water partition coefficient (Wildman–Crippen LogP) is 4.20. The van der Waals surface area contributed by atoms with E-state index in [9.17, 15) is 0 Å². The number of aromatic nitrogens is 1. The van der Waals surface area contributed by atoms with Crippen molar-refractivity contribution in [2.75, 3.05) is 5.32 Å². The van der Waals surface area contributed by atoms with E-state index in [4.69, 9.17) is 0 Å². The third-order valence-electron chi connectivity index (χ3n) is 2.80. The van der Waals surface area contributed by atoms with E-state index < -0.39 is 0 Å². The standard InChI is InChI=1S/C15H17BrN2/c1-11(10-13-6-4-3-5-7-13)17-15-9-8-14(16)12(2)18-15/h3-9,11H,10H2,1-2H3,(H,17,18). The van der Waals surface area contributed by atoms with Crippen LogP contribution in [0.4, 0.5) is 5.82 Å². The zero-order valence-electron chi connectivity index (χ0n) is 10.7. The number of halogens is 1. The molecule has 2 nitrogen and oxygen atoms in total. The fraction of sp³-hybridized carbons (Fsp3) is 0.267. The molecule has 1 unspecified atom stereocenters. The summed E-state index contributed by atoms with van der Waals surface area (Å²) in [7, 11) is 0. The zero-order chi connectivity index (χ0) is 13.0. The third-order valence-corrected chi connectivity index (χ3v) is 3.64. The summed E-state index contributed by atoms with van der Waals surface area (Å²) in [6.45, 7) is 4.17. The van der Waals surface area contributed by atoms with Gasteiger partial charge in [0.1, 0.15) is 5.82 Å². The molecule has 1 N–H and O–H groups in total. The Hall–Kier alpha value is -1.35. The van der Waals surface area contributed by atoms with Crippen molar-refractivity contribution in [1.82, 2.24) is 4.98 Å². The van der Waals surface area contributed by atoms with E-state index >= 15 is 0 Å². The van der Waals surface area contributed by atoms with E-state index in [-0.39, 0.29) is 0 Å². The van der Waals surface area contributed by atoms with Crippen LogP contribution in [-0.2, 0) is 6.42 Å². The van der Waals surface area contributed by atoms with Crippen molar-refractivity contribution < 1.29 is 0 Å². The van der Waals surface area contributed by atoms with E-state index in [2.05, 4.69) is 57.4 Å². The largest absolute Gasteiger partial charge is 0.367 e. The average Bonchev–Trinajstić information content (AvgIpc) is 2.35. The number of hydrogen-bond acceptors (Lipinski definition) is 2. The molecule has 1 aromatic heterocycles. The van der Waals surface area contributed by atoms with Crippen LogP contribution in [0.25, 0.3) is 0 Å². The topological polar surface area (TPSA) is 24.9 Å². The Balaban J connectivity index is 1.99. The minimum absolute atomic E-state index is 0.362. The van der Waals surface area contributed by atoms with Crippen LogP contribution < -0.4 is 5.32 Å². The normalized spacial score (nSPS) is 12.2. The Morgan fingerprint density at radius 2 is 1.89 bits per heavy atom. The van der Waals surface area contributed by atoms with Gasteiger partial charge >= 0.3 is 0 Å². The first-order valence-corrected chi connectivity index (χ1v) is 6.88. The second kappa shape index (κ2) is 6.01. The van der Waals surface area contributed by atoms with Crippen LogP contribution in [0.15, 0.2) is 46.9 Å². The lowest BCUT2D eigenvalue weighted by atomic mass is 10.1. The van der Waals surface area contributed by atoms with Gasteiger partial charge in [0, 0.05) is 10.5 Å². The molecule has 0 amide bonds. The van der Waals surface area contributed by atoms with Gasteiger partial charge in [-0.25, -0.2) is 4.98 Å². The molecule has 2 rings (SSSR count). The van der Waals surface area contributed by atoms with Crippen LogP contribution >= 0.6 is 15.9 Å². The Kier molecular flexibility index (Phi) is 4.37. The number of rotatable bonds is 4. The summed E-state index contributed by atoms with van der Waals surface area (Å²) in [6.07, 6.45) is 0.998. The van der Waals surface area contributed by atoms with Gasteiger partial charge in [-0.2, -0.15) is 0 Å². The van der Waals surface area contributed by atoms with E-state index in [0.29, 0.717) is 6.04 Å². The van der Waals surface area contributed by atoms with Crippen LogP contribution in [0.2, 0.25) is 0 Å². The van der Waals surface area contributed by atoms with Gasteiger partial charge in [-0.05, 0) is 53.9 Å². The molecule has 94 valence electrons. The van der Waals surface area contributed by atoms with Gasteiger partial charge in [-0.3, -0.25) is 0 Å². The molecule has 1 atom stereocenters. The molecule has 0 saturated carbocycles. The molecular weight excluding hydrogens is 288 g/mol. The van der Waals surface area contributed by atoms with E-state index in [1.807, 2.05) is 25.1 Å². The van der Waals surface area contributed by atoms with Crippen molar-refractivity contribution in [2.45, 2.75) is 26.3 Å². The van der Waals surface area contributed by atoms with E-state index in [1.165, 1.54) is 5.56 Å². The smallest absolute Gasteiger partial charge is 0.126 e. The van der Waals surface area contributed by atoms with Crippen LogP contribution in [0.1, 0.15) is 18.2 Å². The SMILES string of the molecule is Cc1nc(NC(C)Cc2ccccc2)ccc1Br. The van der Waals surface area contributed by atoms with Crippen molar-refractivity contribution in [3.8, 4) is 0 Å². The first kappa shape index (κ1) is 13.1. The molecule has 18 heavy (non-hydrogen) atoms. The van der Waals surface area contributed by atoms with Crippen molar-refractivity contribution in [3.05, 3.63) is 58.2 Å². The first-order valence-electron chi connectivity index (χ1n) is 6.09. The van der Waals surface area contributed by atoms with Gasteiger partial charge in [0.05, 0.1) is 5.69 Å². The summed E-state index contributed by atoms with van der Waals surface area (Å²) in [5.74, 6) is 0.930. The molecule has 0 saturated heterocycles. The maximum Gasteiger partial charge on any atom is 0.126 e. The third kappa shape index (κ3) is 3.57. The fourth-order valence-corrected chi connectivity index (χ4v) is 2.12. The number of nitrogens with zero attached hydrogens (tertiary/aromatic N) is 1. The minimum atomic E-state index is 0.362. The highest BCUT2D eigenvalue weighted by molar-refractivity contribution is 9.10. The maximum absolute atomic E-state index is 4.50. The predicted molar refractivity (Wildman–Crippen MR) is 79.9 cm³/mol. The molecule has 0 fully saturated rings. The van der Waals surface area contributed by atoms with Gasteiger partial charge in [0.2, 0.25) is 0 Å². The highest BCUT2D eigenvalue weighted by Crippen LogP contribution is 2.17. The van der Waals surface area contributed by atoms with Gasteiger partial charge in [0.25, 0.3) is 0 Å². The number of pyridine rings is 1. The van der Waals surface area contributed by atoms with Gasteiger partial charge in [-0.15, -0.1) is 0 Å². The second-order valence-electron chi connectivity index (χ2n) is 4.50. The Morgan fingerprint density at radius 3 is 2.56 bits per heavy atom. The van der Waals surface area contributed by atoms with Crippen molar-refractivity contribution >= 4 is 21.7 Å². The molecule has 1 aromatic carbocycles. The molecule has 0 bridgehead atoms. The summed E-state index contributed by atoms with van der Waals surface area (Å²) in [6, 6.07) is 14.9. The fourth-order valence-electron chi connectivity index (χ4n) is 1.90. The Labute approximate surface area is 117 Å². The summed E-state index contributed by atoms with van der Waals surface area (Å²) >= 11 is 3.46. The Bertz CT molecular complexity index is 511. The number of nitrogens with one attached hydrogen (secondary N) is 1. The molecule has 0 aliphatic carbocycles. The summed E-state index contributed by atoms with van der Waals surface area (Å²) in [5.41, 5.74) is 2.35. The van der Waals surface area contributed by atoms with Gasteiger partial charge < -0.3 is 5.32 Å².